The van der Waals surface area contributed by atoms with Crippen LogP contribution in [0.25, 0.3) is 22.5 Å². The second-order valence-corrected chi connectivity index (χ2v) is 8.46. The zero-order valence-electron chi connectivity index (χ0n) is 17.2. The summed E-state index contributed by atoms with van der Waals surface area (Å²) in [5, 5.41) is 5.43. The number of thioether (sulfide) groups is 1. The molecule has 0 fully saturated rings. The summed E-state index contributed by atoms with van der Waals surface area (Å²) in [5.74, 6) is 0.430. The van der Waals surface area contributed by atoms with Crippen molar-refractivity contribution in [2.75, 3.05) is 5.75 Å². The first-order valence-corrected chi connectivity index (χ1v) is 11.5. The SMILES string of the molecule is O=C(CCSc1nc(-c2ccccc2)c(-c2ccccc2)[nH]1)N/N=C\c1ccc(Cl)cc1. The van der Waals surface area contributed by atoms with Crippen molar-refractivity contribution in [2.24, 2.45) is 5.10 Å². The molecule has 0 radical (unpaired) electrons. The number of hydrogen-bond acceptors (Lipinski definition) is 4. The second-order valence-electron chi connectivity index (χ2n) is 6.94. The molecule has 0 saturated carbocycles. The lowest BCUT2D eigenvalue weighted by Gasteiger charge is -2.02. The van der Waals surface area contributed by atoms with Crippen molar-refractivity contribution < 1.29 is 4.79 Å². The molecule has 0 aliphatic rings. The zero-order chi connectivity index (χ0) is 22.2. The number of aromatic amines is 1. The molecule has 0 bridgehead atoms. The van der Waals surface area contributed by atoms with Gasteiger partial charge in [0, 0.05) is 28.3 Å². The molecular formula is C25H21ClN4OS. The standard InChI is InChI=1S/C25H21ClN4OS/c26-21-13-11-18(12-14-21)17-27-30-22(31)15-16-32-25-28-23(19-7-3-1-4-8-19)24(29-25)20-9-5-2-6-10-20/h1-14,17H,15-16H2,(H,28,29)(H,30,31)/b27-17-. The molecule has 32 heavy (non-hydrogen) atoms. The minimum absolute atomic E-state index is 0.152. The van der Waals surface area contributed by atoms with Crippen molar-refractivity contribution in [3.05, 3.63) is 95.5 Å². The van der Waals surface area contributed by atoms with Crippen LogP contribution in [0.1, 0.15) is 12.0 Å². The molecule has 2 N–H and O–H groups in total. The van der Waals surface area contributed by atoms with Gasteiger partial charge in [0.25, 0.3) is 0 Å². The van der Waals surface area contributed by atoms with Crippen molar-refractivity contribution >= 4 is 35.5 Å². The normalized spacial score (nSPS) is 11.0. The molecule has 0 unspecified atom stereocenters. The fourth-order valence-electron chi connectivity index (χ4n) is 3.06. The van der Waals surface area contributed by atoms with Gasteiger partial charge in [-0.1, -0.05) is 96.2 Å². The Bertz CT molecular complexity index is 1130. The van der Waals surface area contributed by atoms with E-state index in [1.165, 1.54) is 11.8 Å². The zero-order valence-corrected chi connectivity index (χ0v) is 18.7. The average molecular weight is 461 g/mol. The van der Waals surface area contributed by atoms with Crippen LogP contribution in [0.3, 0.4) is 0 Å². The third kappa shape index (κ3) is 5.87. The highest BCUT2D eigenvalue weighted by Gasteiger charge is 2.14. The van der Waals surface area contributed by atoms with E-state index in [1.54, 1.807) is 18.3 Å². The van der Waals surface area contributed by atoms with Gasteiger partial charge in [0.15, 0.2) is 5.16 Å². The first-order chi connectivity index (χ1) is 15.7. The number of H-pyrrole nitrogens is 1. The maximum atomic E-state index is 12.1. The van der Waals surface area contributed by atoms with E-state index < -0.39 is 0 Å². The van der Waals surface area contributed by atoms with Crippen molar-refractivity contribution in [3.8, 4) is 22.5 Å². The highest BCUT2D eigenvalue weighted by atomic mass is 35.5. The van der Waals surface area contributed by atoms with E-state index in [2.05, 4.69) is 27.6 Å². The third-order valence-corrected chi connectivity index (χ3v) is 5.76. The summed E-state index contributed by atoms with van der Waals surface area (Å²) in [7, 11) is 0. The van der Waals surface area contributed by atoms with E-state index in [0.29, 0.717) is 17.2 Å². The minimum Gasteiger partial charge on any atom is -0.332 e. The molecule has 5 nitrogen and oxygen atoms in total. The molecule has 4 rings (SSSR count). The molecule has 1 aromatic heterocycles. The molecule has 0 aliphatic heterocycles. The van der Waals surface area contributed by atoms with Crippen molar-refractivity contribution in [1.29, 1.82) is 0 Å². The summed E-state index contributed by atoms with van der Waals surface area (Å²) in [4.78, 5) is 20.3. The number of nitrogens with one attached hydrogen (secondary N) is 2. The number of carbonyl (C=O) groups excluding carboxylic acids is 1. The first-order valence-electron chi connectivity index (χ1n) is 10.1. The van der Waals surface area contributed by atoms with Crippen LogP contribution in [0.4, 0.5) is 0 Å². The number of rotatable bonds is 8. The van der Waals surface area contributed by atoms with Gasteiger partial charge in [-0.15, -0.1) is 0 Å². The van der Waals surface area contributed by atoms with Crippen molar-refractivity contribution in [2.45, 2.75) is 11.6 Å². The molecule has 0 atom stereocenters. The smallest absolute Gasteiger partial charge is 0.240 e. The quantitative estimate of drug-likeness (QED) is 0.191. The summed E-state index contributed by atoms with van der Waals surface area (Å²) in [6.07, 6.45) is 1.91. The Labute approximate surface area is 195 Å². The summed E-state index contributed by atoms with van der Waals surface area (Å²) >= 11 is 7.37. The summed E-state index contributed by atoms with van der Waals surface area (Å²) in [6, 6.07) is 27.4. The number of carbonyl (C=O) groups is 1. The summed E-state index contributed by atoms with van der Waals surface area (Å²) in [5.41, 5.74) is 7.40. The Morgan fingerprint density at radius 2 is 1.62 bits per heavy atom. The van der Waals surface area contributed by atoms with Gasteiger partial charge in [-0.05, 0) is 17.7 Å². The van der Waals surface area contributed by atoms with Gasteiger partial charge in [-0.2, -0.15) is 5.10 Å². The monoisotopic (exact) mass is 460 g/mol. The number of imidazole rings is 1. The Kier molecular flexibility index (Phi) is 7.38. The molecule has 0 aliphatic carbocycles. The fraction of sp³-hybridized carbons (Fsp3) is 0.0800. The number of benzene rings is 3. The minimum atomic E-state index is -0.152. The van der Waals surface area contributed by atoms with E-state index in [1.807, 2.05) is 60.7 Å². The number of hydrazone groups is 1. The van der Waals surface area contributed by atoms with E-state index >= 15 is 0 Å². The molecule has 1 amide bonds. The van der Waals surface area contributed by atoms with Crippen LogP contribution in [0.5, 0.6) is 0 Å². The maximum absolute atomic E-state index is 12.1. The van der Waals surface area contributed by atoms with E-state index in [4.69, 9.17) is 16.6 Å². The molecular weight excluding hydrogens is 440 g/mol. The van der Waals surface area contributed by atoms with Gasteiger partial charge >= 0.3 is 0 Å². The molecule has 160 valence electrons. The average Bonchev–Trinajstić information content (AvgIpc) is 3.26. The Hall–Kier alpha value is -3.35. The number of amides is 1. The topological polar surface area (TPSA) is 70.1 Å². The molecule has 1 heterocycles. The predicted octanol–water partition coefficient (Wildman–Crippen LogP) is 6.03. The van der Waals surface area contributed by atoms with Crippen LogP contribution in [0.2, 0.25) is 5.02 Å². The van der Waals surface area contributed by atoms with E-state index in [9.17, 15) is 4.79 Å². The number of halogens is 1. The van der Waals surface area contributed by atoms with Gasteiger partial charge in [0.1, 0.15) is 0 Å². The van der Waals surface area contributed by atoms with Gasteiger partial charge in [-0.3, -0.25) is 4.79 Å². The highest BCUT2D eigenvalue weighted by Crippen LogP contribution is 2.32. The van der Waals surface area contributed by atoms with Gasteiger partial charge in [-0.25, -0.2) is 10.4 Å². The number of aromatic nitrogens is 2. The summed E-state index contributed by atoms with van der Waals surface area (Å²) in [6.45, 7) is 0. The lowest BCUT2D eigenvalue weighted by atomic mass is 10.1. The summed E-state index contributed by atoms with van der Waals surface area (Å²) < 4.78 is 0. The van der Waals surface area contributed by atoms with Gasteiger partial charge in [0.05, 0.1) is 17.6 Å². The van der Waals surface area contributed by atoms with Crippen LogP contribution in [-0.4, -0.2) is 27.8 Å². The highest BCUT2D eigenvalue weighted by molar-refractivity contribution is 7.99. The third-order valence-electron chi connectivity index (χ3n) is 4.63. The molecule has 3 aromatic carbocycles. The van der Waals surface area contributed by atoms with Crippen LogP contribution in [0.15, 0.2) is 95.2 Å². The number of nitrogens with zero attached hydrogens (tertiary/aromatic N) is 2. The van der Waals surface area contributed by atoms with Crippen LogP contribution < -0.4 is 5.43 Å². The predicted molar refractivity (Wildman–Crippen MR) is 132 cm³/mol. The molecule has 7 heteroatoms. The molecule has 0 spiro atoms. The lowest BCUT2D eigenvalue weighted by Crippen LogP contribution is -2.17. The van der Waals surface area contributed by atoms with Crippen LogP contribution in [0, 0.1) is 0 Å². The molecule has 0 saturated heterocycles. The van der Waals surface area contributed by atoms with Crippen LogP contribution >= 0.6 is 23.4 Å². The van der Waals surface area contributed by atoms with Crippen molar-refractivity contribution in [1.82, 2.24) is 15.4 Å². The van der Waals surface area contributed by atoms with Crippen molar-refractivity contribution in [3.63, 3.8) is 0 Å². The van der Waals surface area contributed by atoms with E-state index in [-0.39, 0.29) is 5.91 Å². The van der Waals surface area contributed by atoms with Gasteiger partial charge in [0.2, 0.25) is 5.91 Å². The Balaban J connectivity index is 1.37. The largest absolute Gasteiger partial charge is 0.332 e. The second kappa shape index (κ2) is 10.8. The molecule has 4 aromatic rings. The van der Waals surface area contributed by atoms with E-state index in [0.717, 1.165) is 33.2 Å². The lowest BCUT2D eigenvalue weighted by molar-refractivity contribution is -0.120. The Morgan fingerprint density at radius 3 is 2.31 bits per heavy atom. The maximum Gasteiger partial charge on any atom is 0.240 e. The Morgan fingerprint density at radius 1 is 0.969 bits per heavy atom. The first kappa shape index (κ1) is 21.9. The van der Waals surface area contributed by atoms with Crippen LogP contribution in [-0.2, 0) is 4.79 Å². The number of hydrogen-bond donors (Lipinski definition) is 2. The van der Waals surface area contributed by atoms with Gasteiger partial charge < -0.3 is 4.98 Å². The fourth-order valence-corrected chi connectivity index (χ4v) is 4.00.